The molecule has 0 saturated carbocycles. The van der Waals surface area contributed by atoms with Crippen LogP contribution in [0.25, 0.3) is 0 Å². The summed E-state index contributed by atoms with van der Waals surface area (Å²) in [7, 11) is 0. The molecule has 1 radical (unpaired) electrons. The van der Waals surface area contributed by atoms with Crippen LogP contribution >= 0.6 is 0 Å². The van der Waals surface area contributed by atoms with Crippen molar-refractivity contribution in [3.05, 3.63) is 5.92 Å². The summed E-state index contributed by atoms with van der Waals surface area (Å²) in [5.74, 6) is 0.620. The zero-order valence-electron chi connectivity index (χ0n) is 3.97. The van der Waals surface area contributed by atoms with E-state index in [0.717, 1.165) is 0 Å². The minimum atomic E-state index is -1.23. The number of aliphatic hydroxyl groups is 2. The van der Waals surface area contributed by atoms with Crippen LogP contribution in [0.1, 0.15) is 13.8 Å². The second kappa shape index (κ2) is 2.16. The van der Waals surface area contributed by atoms with Crippen LogP contribution in [0.2, 0.25) is 0 Å². The van der Waals surface area contributed by atoms with Gasteiger partial charge in [-0.2, -0.15) is 0 Å². The van der Waals surface area contributed by atoms with Crippen molar-refractivity contribution in [1.29, 1.82) is 0 Å². The third-order valence-electron chi connectivity index (χ3n) is 0.516. The van der Waals surface area contributed by atoms with E-state index in [1.807, 2.05) is 0 Å². The monoisotopic (exact) mass is 89.1 g/mol. The Balaban J connectivity index is 2.99. The summed E-state index contributed by atoms with van der Waals surface area (Å²) >= 11 is 0. The molecule has 0 aromatic carbocycles. The van der Waals surface area contributed by atoms with E-state index in [0.29, 0.717) is 5.92 Å². The maximum atomic E-state index is 8.15. The molecule has 0 amide bonds. The Morgan fingerprint density at radius 3 is 1.50 bits per heavy atom. The molecule has 6 heavy (non-hydrogen) atoms. The van der Waals surface area contributed by atoms with Gasteiger partial charge in [-0.1, -0.05) is 13.8 Å². The third kappa shape index (κ3) is 2.18. The number of hydrogen-bond donors (Lipinski definition) is 2. The van der Waals surface area contributed by atoms with Gasteiger partial charge in [-0.3, -0.25) is 0 Å². The molecule has 0 aliphatic carbocycles. The van der Waals surface area contributed by atoms with E-state index in [4.69, 9.17) is 10.2 Å². The van der Waals surface area contributed by atoms with E-state index in [1.54, 1.807) is 13.8 Å². The van der Waals surface area contributed by atoms with Crippen LogP contribution in [-0.4, -0.2) is 16.5 Å². The standard InChI is InChI=1S/C4H9O2/c1-3(2)4(5)6/h4-6H,1-2H3. The lowest BCUT2D eigenvalue weighted by Gasteiger charge is -2.02. The summed E-state index contributed by atoms with van der Waals surface area (Å²) in [5, 5.41) is 16.3. The SMILES string of the molecule is C[C](C)C(O)O. The molecule has 0 aromatic rings. The van der Waals surface area contributed by atoms with Gasteiger partial charge in [0, 0.05) is 5.92 Å². The number of rotatable bonds is 1. The highest BCUT2D eigenvalue weighted by atomic mass is 16.5. The van der Waals surface area contributed by atoms with Crippen LogP contribution in [-0.2, 0) is 0 Å². The van der Waals surface area contributed by atoms with E-state index in [1.165, 1.54) is 0 Å². The van der Waals surface area contributed by atoms with Crippen molar-refractivity contribution in [2.45, 2.75) is 20.1 Å². The second-order valence-electron chi connectivity index (χ2n) is 1.45. The molecule has 37 valence electrons. The maximum Gasteiger partial charge on any atom is 0.157 e. The van der Waals surface area contributed by atoms with Crippen LogP contribution in [0.4, 0.5) is 0 Å². The molecular formula is C4H9O2. The molecular weight excluding hydrogens is 80.0 g/mol. The van der Waals surface area contributed by atoms with Crippen LogP contribution in [0.5, 0.6) is 0 Å². The molecule has 0 atom stereocenters. The van der Waals surface area contributed by atoms with Gasteiger partial charge in [0.1, 0.15) is 0 Å². The zero-order chi connectivity index (χ0) is 5.15. The first-order chi connectivity index (χ1) is 2.64. The second-order valence-corrected chi connectivity index (χ2v) is 1.45. The quantitative estimate of drug-likeness (QED) is 0.441. The summed E-state index contributed by atoms with van der Waals surface area (Å²) < 4.78 is 0. The molecule has 0 spiro atoms. The fourth-order valence-electron chi connectivity index (χ4n) is 0. The molecule has 0 aromatic heterocycles. The predicted molar refractivity (Wildman–Crippen MR) is 22.8 cm³/mol. The van der Waals surface area contributed by atoms with Gasteiger partial charge in [0.05, 0.1) is 0 Å². The molecule has 2 heteroatoms. The Hall–Kier alpha value is -0.0800. The molecule has 0 rings (SSSR count). The lowest BCUT2D eigenvalue weighted by molar-refractivity contribution is -0.0250. The summed E-state index contributed by atoms with van der Waals surface area (Å²) in [6, 6.07) is 0. The molecule has 2 N–H and O–H groups in total. The van der Waals surface area contributed by atoms with Gasteiger partial charge in [0.25, 0.3) is 0 Å². The molecule has 0 aliphatic rings. The number of aliphatic hydroxyl groups excluding tert-OH is 1. The van der Waals surface area contributed by atoms with Crippen molar-refractivity contribution in [3.8, 4) is 0 Å². The first-order valence-corrected chi connectivity index (χ1v) is 1.81. The van der Waals surface area contributed by atoms with Crippen molar-refractivity contribution >= 4 is 0 Å². The van der Waals surface area contributed by atoms with Crippen LogP contribution in [0.3, 0.4) is 0 Å². The topological polar surface area (TPSA) is 40.5 Å². The zero-order valence-corrected chi connectivity index (χ0v) is 3.97. The Kier molecular flexibility index (Phi) is 2.13. The molecule has 0 fully saturated rings. The Bertz CT molecular complexity index is 26.5. The Morgan fingerprint density at radius 2 is 1.50 bits per heavy atom. The van der Waals surface area contributed by atoms with E-state index in [9.17, 15) is 0 Å². The van der Waals surface area contributed by atoms with Crippen LogP contribution in [0, 0.1) is 5.92 Å². The molecule has 0 heterocycles. The predicted octanol–water partition coefficient (Wildman–Crippen LogP) is -0.0886. The van der Waals surface area contributed by atoms with Gasteiger partial charge in [-0.15, -0.1) is 0 Å². The highest BCUT2D eigenvalue weighted by Crippen LogP contribution is 1.96. The summed E-state index contributed by atoms with van der Waals surface area (Å²) in [4.78, 5) is 0. The molecule has 2 nitrogen and oxygen atoms in total. The first kappa shape index (κ1) is 5.92. The van der Waals surface area contributed by atoms with Crippen molar-refractivity contribution < 1.29 is 10.2 Å². The van der Waals surface area contributed by atoms with E-state index >= 15 is 0 Å². The molecule has 0 aliphatic heterocycles. The normalized spacial score (nSPS) is 11.0. The molecule has 0 bridgehead atoms. The highest BCUT2D eigenvalue weighted by molar-refractivity contribution is 4.78. The van der Waals surface area contributed by atoms with Gasteiger partial charge < -0.3 is 10.2 Å². The van der Waals surface area contributed by atoms with Gasteiger partial charge in [-0.25, -0.2) is 0 Å². The molecule has 0 saturated heterocycles. The Morgan fingerprint density at radius 1 is 1.33 bits per heavy atom. The summed E-state index contributed by atoms with van der Waals surface area (Å²) in [6.45, 7) is 3.31. The van der Waals surface area contributed by atoms with Gasteiger partial charge in [-0.05, 0) is 0 Å². The van der Waals surface area contributed by atoms with E-state index < -0.39 is 6.29 Å². The smallest absolute Gasteiger partial charge is 0.157 e. The highest BCUT2D eigenvalue weighted by Gasteiger charge is 2.00. The lowest BCUT2D eigenvalue weighted by Crippen LogP contribution is -2.09. The Labute approximate surface area is 37.4 Å². The average Bonchev–Trinajstić information content (AvgIpc) is 1.36. The van der Waals surface area contributed by atoms with Crippen molar-refractivity contribution in [2.24, 2.45) is 0 Å². The minimum Gasteiger partial charge on any atom is -0.368 e. The fourth-order valence-corrected chi connectivity index (χ4v) is 0. The largest absolute Gasteiger partial charge is 0.368 e. The summed E-state index contributed by atoms with van der Waals surface area (Å²) in [6.07, 6.45) is -1.23. The lowest BCUT2D eigenvalue weighted by atomic mass is 10.2. The molecule has 0 unspecified atom stereocenters. The average molecular weight is 89.1 g/mol. The van der Waals surface area contributed by atoms with E-state index in [2.05, 4.69) is 0 Å². The minimum absolute atomic E-state index is 0.620. The fraction of sp³-hybridized carbons (Fsp3) is 0.750. The van der Waals surface area contributed by atoms with Crippen molar-refractivity contribution in [2.75, 3.05) is 0 Å². The maximum absolute atomic E-state index is 8.15. The van der Waals surface area contributed by atoms with Gasteiger partial charge in [0.15, 0.2) is 6.29 Å². The summed E-state index contributed by atoms with van der Waals surface area (Å²) in [5.41, 5.74) is 0. The van der Waals surface area contributed by atoms with Gasteiger partial charge in [0.2, 0.25) is 0 Å². The van der Waals surface area contributed by atoms with Crippen molar-refractivity contribution in [1.82, 2.24) is 0 Å². The number of hydrogen-bond acceptors (Lipinski definition) is 2. The van der Waals surface area contributed by atoms with E-state index in [-0.39, 0.29) is 0 Å². The van der Waals surface area contributed by atoms with Crippen molar-refractivity contribution in [3.63, 3.8) is 0 Å². The van der Waals surface area contributed by atoms with Gasteiger partial charge >= 0.3 is 0 Å². The first-order valence-electron chi connectivity index (χ1n) is 1.81. The van der Waals surface area contributed by atoms with Crippen LogP contribution < -0.4 is 0 Å². The van der Waals surface area contributed by atoms with Crippen LogP contribution in [0.15, 0.2) is 0 Å². The third-order valence-corrected chi connectivity index (χ3v) is 0.516.